The van der Waals surface area contributed by atoms with Crippen LogP contribution in [-0.4, -0.2) is 33.1 Å². The number of rotatable bonds is 1. The minimum atomic E-state index is -0.511. The standard InChI is InChI=1S/C15H21N3O2.C5H5BrN2/c1-15(2,3)20-14(19)18-8-6-12(16)9-13(18)11-5-4-7-17-10-11;6-5-3-4(7)1-2-8-5/h4-5,7,9-10,13H,6,8,16H2,1-3H3;1-3H,(H2,7,8). The highest BCUT2D eigenvalue weighted by Crippen LogP contribution is 2.28. The molecule has 1 aliphatic rings. The third kappa shape index (κ3) is 6.84. The van der Waals surface area contributed by atoms with E-state index in [1.807, 2.05) is 39.0 Å². The number of carbonyl (C=O) groups is 1. The molecular formula is C20H26BrN5O2. The fourth-order valence-corrected chi connectivity index (χ4v) is 2.92. The van der Waals surface area contributed by atoms with Gasteiger partial charge in [-0.15, -0.1) is 0 Å². The second-order valence-electron chi connectivity index (χ2n) is 7.31. The molecule has 0 bridgehead atoms. The molecule has 0 saturated carbocycles. The molecule has 28 heavy (non-hydrogen) atoms. The number of anilines is 1. The average molecular weight is 448 g/mol. The van der Waals surface area contributed by atoms with Crippen LogP contribution < -0.4 is 11.5 Å². The van der Waals surface area contributed by atoms with Crippen molar-refractivity contribution in [3.05, 3.63) is 64.8 Å². The lowest BCUT2D eigenvalue weighted by atomic mass is 10.0. The summed E-state index contributed by atoms with van der Waals surface area (Å²) >= 11 is 3.17. The van der Waals surface area contributed by atoms with Crippen molar-refractivity contribution in [2.45, 2.75) is 38.8 Å². The molecule has 7 nitrogen and oxygen atoms in total. The number of pyridine rings is 2. The quantitative estimate of drug-likeness (QED) is 0.638. The van der Waals surface area contributed by atoms with Crippen molar-refractivity contribution in [2.75, 3.05) is 12.3 Å². The van der Waals surface area contributed by atoms with E-state index in [1.54, 1.807) is 35.6 Å². The van der Waals surface area contributed by atoms with Crippen molar-refractivity contribution in [1.29, 1.82) is 0 Å². The number of nitrogen functional groups attached to an aromatic ring is 1. The topological polar surface area (TPSA) is 107 Å². The van der Waals surface area contributed by atoms with Gasteiger partial charge >= 0.3 is 6.09 Å². The lowest BCUT2D eigenvalue weighted by molar-refractivity contribution is 0.0186. The second kappa shape index (κ2) is 9.54. The van der Waals surface area contributed by atoms with Crippen molar-refractivity contribution in [1.82, 2.24) is 14.9 Å². The van der Waals surface area contributed by atoms with E-state index in [9.17, 15) is 4.79 Å². The molecule has 2 aromatic rings. The zero-order valence-corrected chi connectivity index (χ0v) is 17.9. The highest BCUT2D eigenvalue weighted by atomic mass is 79.9. The monoisotopic (exact) mass is 447 g/mol. The van der Waals surface area contributed by atoms with Crippen molar-refractivity contribution >= 4 is 27.7 Å². The first kappa shape index (κ1) is 21.7. The maximum Gasteiger partial charge on any atom is 0.411 e. The molecule has 3 heterocycles. The van der Waals surface area contributed by atoms with Crippen molar-refractivity contribution in [3.8, 4) is 0 Å². The van der Waals surface area contributed by atoms with Crippen LogP contribution in [0.2, 0.25) is 0 Å². The Bertz CT molecular complexity index is 804. The Balaban J connectivity index is 0.000000292. The minimum absolute atomic E-state index is 0.215. The van der Waals surface area contributed by atoms with Gasteiger partial charge < -0.3 is 16.2 Å². The lowest BCUT2D eigenvalue weighted by Crippen LogP contribution is -2.41. The van der Waals surface area contributed by atoms with Gasteiger partial charge in [-0.2, -0.15) is 0 Å². The van der Waals surface area contributed by atoms with Gasteiger partial charge in [-0.25, -0.2) is 9.78 Å². The van der Waals surface area contributed by atoms with Crippen LogP contribution in [0.15, 0.2) is 59.2 Å². The average Bonchev–Trinajstić information content (AvgIpc) is 2.61. The Hall–Kier alpha value is -2.61. The fourth-order valence-electron chi connectivity index (χ4n) is 2.53. The molecule has 3 rings (SSSR count). The van der Waals surface area contributed by atoms with Gasteiger partial charge in [-0.1, -0.05) is 6.07 Å². The summed E-state index contributed by atoms with van der Waals surface area (Å²) in [6, 6.07) is 7.06. The first-order valence-corrected chi connectivity index (χ1v) is 9.68. The molecule has 0 radical (unpaired) electrons. The molecule has 1 amide bonds. The fraction of sp³-hybridized carbons (Fsp3) is 0.350. The van der Waals surface area contributed by atoms with E-state index in [4.69, 9.17) is 16.2 Å². The number of hydrogen-bond acceptors (Lipinski definition) is 6. The molecule has 1 aliphatic heterocycles. The van der Waals surface area contributed by atoms with Gasteiger partial charge in [0, 0.05) is 42.9 Å². The van der Waals surface area contributed by atoms with Crippen molar-refractivity contribution < 1.29 is 9.53 Å². The predicted octanol–water partition coefficient (Wildman–Crippen LogP) is 4.03. The first-order chi connectivity index (χ1) is 13.2. The zero-order chi connectivity index (χ0) is 20.7. The van der Waals surface area contributed by atoms with E-state index >= 15 is 0 Å². The van der Waals surface area contributed by atoms with Gasteiger partial charge in [0.05, 0.1) is 6.04 Å². The number of halogens is 1. The molecule has 1 unspecified atom stereocenters. The van der Waals surface area contributed by atoms with E-state index in [0.717, 1.165) is 21.6 Å². The number of nitrogens with zero attached hydrogens (tertiary/aromatic N) is 3. The molecule has 0 aromatic carbocycles. The largest absolute Gasteiger partial charge is 0.444 e. The molecule has 150 valence electrons. The lowest BCUT2D eigenvalue weighted by Gasteiger charge is -2.35. The van der Waals surface area contributed by atoms with Crippen LogP contribution in [0, 0.1) is 0 Å². The number of aromatic nitrogens is 2. The van der Waals surface area contributed by atoms with Crippen LogP contribution in [0.4, 0.5) is 10.5 Å². The van der Waals surface area contributed by atoms with E-state index in [2.05, 4.69) is 25.9 Å². The van der Waals surface area contributed by atoms with Crippen LogP contribution in [0.25, 0.3) is 0 Å². The summed E-state index contributed by atoms with van der Waals surface area (Å²) in [5.41, 5.74) is 13.2. The van der Waals surface area contributed by atoms with Crippen molar-refractivity contribution in [3.63, 3.8) is 0 Å². The van der Waals surface area contributed by atoms with Gasteiger partial charge in [0.2, 0.25) is 0 Å². The van der Waals surface area contributed by atoms with Gasteiger partial charge in [-0.3, -0.25) is 9.88 Å². The van der Waals surface area contributed by atoms with Crippen LogP contribution in [-0.2, 0) is 4.74 Å². The summed E-state index contributed by atoms with van der Waals surface area (Å²) in [5.74, 6) is 0. The molecule has 2 aromatic heterocycles. The number of ether oxygens (including phenoxy) is 1. The normalized spacial score (nSPS) is 16.5. The van der Waals surface area contributed by atoms with Crippen LogP contribution >= 0.6 is 15.9 Å². The number of hydrogen-bond donors (Lipinski definition) is 2. The Kier molecular flexibility index (Phi) is 7.39. The van der Waals surface area contributed by atoms with Gasteiger partial charge in [0.15, 0.2) is 0 Å². The summed E-state index contributed by atoms with van der Waals surface area (Å²) in [4.78, 5) is 22.0. The second-order valence-corrected chi connectivity index (χ2v) is 8.12. The third-order valence-electron chi connectivity index (χ3n) is 3.75. The molecule has 0 spiro atoms. The van der Waals surface area contributed by atoms with E-state index in [-0.39, 0.29) is 12.1 Å². The van der Waals surface area contributed by atoms with Crippen LogP contribution in [0.3, 0.4) is 0 Å². The van der Waals surface area contributed by atoms with E-state index in [0.29, 0.717) is 13.0 Å². The SMILES string of the molecule is CC(C)(C)OC(=O)N1CCC(N)=CC1c1cccnc1.Nc1ccnc(Br)c1. The first-order valence-electron chi connectivity index (χ1n) is 8.88. The van der Waals surface area contributed by atoms with E-state index in [1.165, 1.54) is 0 Å². The maximum atomic E-state index is 12.3. The smallest absolute Gasteiger partial charge is 0.411 e. The van der Waals surface area contributed by atoms with Crippen LogP contribution in [0.1, 0.15) is 38.8 Å². The third-order valence-corrected chi connectivity index (χ3v) is 4.19. The molecule has 0 fully saturated rings. The Labute approximate surface area is 173 Å². The molecule has 8 heteroatoms. The van der Waals surface area contributed by atoms with Crippen molar-refractivity contribution in [2.24, 2.45) is 5.73 Å². The molecule has 4 N–H and O–H groups in total. The van der Waals surface area contributed by atoms with Gasteiger partial charge in [0.25, 0.3) is 0 Å². The number of nitrogens with two attached hydrogens (primary N) is 2. The zero-order valence-electron chi connectivity index (χ0n) is 16.3. The minimum Gasteiger partial charge on any atom is -0.444 e. The molecular weight excluding hydrogens is 422 g/mol. The molecule has 1 atom stereocenters. The van der Waals surface area contributed by atoms with E-state index < -0.39 is 5.60 Å². The summed E-state index contributed by atoms with van der Waals surface area (Å²) in [5, 5.41) is 0. The molecule has 0 saturated heterocycles. The highest BCUT2D eigenvalue weighted by Gasteiger charge is 2.30. The summed E-state index contributed by atoms with van der Waals surface area (Å²) in [7, 11) is 0. The van der Waals surface area contributed by atoms with Gasteiger partial charge in [0.1, 0.15) is 10.2 Å². The summed E-state index contributed by atoms with van der Waals surface area (Å²) in [6.45, 7) is 6.13. The van der Waals surface area contributed by atoms with Crippen LogP contribution in [0.5, 0.6) is 0 Å². The number of amides is 1. The predicted molar refractivity (Wildman–Crippen MR) is 113 cm³/mol. The summed E-state index contributed by atoms with van der Waals surface area (Å²) in [6.07, 6.45) is 7.34. The summed E-state index contributed by atoms with van der Waals surface area (Å²) < 4.78 is 6.24. The Morgan fingerprint density at radius 3 is 2.57 bits per heavy atom. The highest BCUT2D eigenvalue weighted by molar-refractivity contribution is 9.10. The van der Waals surface area contributed by atoms with Gasteiger partial charge in [-0.05, 0) is 66.5 Å². The Morgan fingerprint density at radius 1 is 1.29 bits per heavy atom. The maximum absolute atomic E-state index is 12.3. The molecule has 0 aliphatic carbocycles. The Morgan fingerprint density at radius 2 is 2.04 bits per heavy atom. The number of carbonyl (C=O) groups excluding carboxylic acids is 1.